The summed E-state index contributed by atoms with van der Waals surface area (Å²) in [7, 11) is 0. The van der Waals surface area contributed by atoms with Crippen LogP contribution in [0.1, 0.15) is 40.0 Å². The predicted octanol–water partition coefficient (Wildman–Crippen LogP) is 0.797. The normalized spacial score (nSPS) is 23.3. The van der Waals surface area contributed by atoms with Gasteiger partial charge in [0, 0.05) is 19.6 Å². The highest BCUT2D eigenvalue weighted by Crippen LogP contribution is 2.33. The van der Waals surface area contributed by atoms with Crippen LogP contribution in [0.3, 0.4) is 0 Å². The molecule has 1 saturated heterocycles. The molecule has 0 aromatic rings. The number of nitrogens with zero attached hydrogens (tertiary/aromatic N) is 1. The summed E-state index contributed by atoms with van der Waals surface area (Å²) in [6, 6.07) is -1.02. The van der Waals surface area contributed by atoms with Crippen LogP contribution in [-0.4, -0.2) is 53.6 Å². The van der Waals surface area contributed by atoms with Crippen LogP contribution in [-0.2, 0) is 9.59 Å². The predicted molar refractivity (Wildman–Crippen MR) is 77.8 cm³/mol. The lowest BCUT2D eigenvalue weighted by molar-refractivity contribution is -0.152. The standard InChI is InChI=1S/C14H25N3O4/c1-4-14(12(19)20)7-6-8-17(9-14)13(21)16-10(3)11(18)15-5-2/h10H,4-9H2,1-3H3,(H,15,18)(H,16,21)(H,19,20). The Bertz CT molecular complexity index is 413. The lowest BCUT2D eigenvalue weighted by Crippen LogP contribution is -2.55. The van der Waals surface area contributed by atoms with Crippen molar-refractivity contribution in [3.63, 3.8) is 0 Å². The molecule has 0 aliphatic carbocycles. The Hall–Kier alpha value is -1.79. The van der Waals surface area contributed by atoms with Crippen molar-refractivity contribution < 1.29 is 19.5 Å². The molecule has 21 heavy (non-hydrogen) atoms. The molecule has 1 aliphatic heterocycles. The molecule has 1 rings (SSSR count). The fourth-order valence-corrected chi connectivity index (χ4v) is 2.59. The fourth-order valence-electron chi connectivity index (χ4n) is 2.59. The second-order valence-electron chi connectivity index (χ2n) is 5.53. The van der Waals surface area contributed by atoms with Crippen LogP contribution < -0.4 is 10.6 Å². The highest BCUT2D eigenvalue weighted by atomic mass is 16.4. The summed E-state index contributed by atoms with van der Waals surface area (Å²) in [4.78, 5) is 36.8. The summed E-state index contributed by atoms with van der Waals surface area (Å²) in [5.41, 5.74) is -0.871. The molecule has 0 spiro atoms. The van der Waals surface area contributed by atoms with Crippen molar-refractivity contribution in [3.8, 4) is 0 Å². The van der Waals surface area contributed by atoms with E-state index in [1.807, 2.05) is 6.92 Å². The maximum atomic E-state index is 12.2. The number of rotatable bonds is 5. The summed E-state index contributed by atoms with van der Waals surface area (Å²) >= 11 is 0. The number of carbonyl (C=O) groups excluding carboxylic acids is 2. The number of piperidine rings is 1. The van der Waals surface area contributed by atoms with E-state index in [0.717, 1.165) is 0 Å². The van der Waals surface area contributed by atoms with Gasteiger partial charge in [-0.05, 0) is 33.1 Å². The molecule has 1 heterocycles. The lowest BCUT2D eigenvalue weighted by Gasteiger charge is -2.39. The first-order chi connectivity index (χ1) is 9.86. The second kappa shape index (κ2) is 7.28. The number of amides is 3. The third-order valence-corrected chi connectivity index (χ3v) is 4.08. The molecule has 7 nitrogen and oxygen atoms in total. The molecule has 2 atom stereocenters. The van der Waals surface area contributed by atoms with Gasteiger partial charge in [0.25, 0.3) is 0 Å². The average molecular weight is 299 g/mol. The van der Waals surface area contributed by atoms with Crippen LogP contribution in [0, 0.1) is 5.41 Å². The number of nitrogens with one attached hydrogen (secondary N) is 2. The second-order valence-corrected chi connectivity index (χ2v) is 5.53. The van der Waals surface area contributed by atoms with Gasteiger partial charge in [-0.25, -0.2) is 4.79 Å². The molecule has 0 radical (unpaired) electrons. The van der Waals surface area contributed by atoms with Gasteiger partial charge in [-0.1, -0.05) is 6.92 Å². The van der Waals surface area contributed by atoms with Gasteiger partial charge >= 0.3 is 12.0 Å². The van der Waals surface area contributed by atoms with Crippen LogP contribution >= 0.6 is 0 Å². The zero-order chi connectivity index (χ0) is 16.0. The van der Waals surface area contributed by atoms with Gasteiger partial charge in [-0.15, -0.1) is 0 Å². The van der Waals surface area contributed by atoms with Gasteiger partial charge in [-0.3, -0.25) is 9.59 Å². The number of carboxylic acid groups (broad SMARTS) is 1. The van der Waals surface area contributed by atoms with E-state index in [2.05, 4.69) is 10.6 Å². The Kier molecular flexibility index (Phi) is 5.99. The minimum absolute atomic E-state index is 0.187. The van der Waals surface area contributed by atoms with E-state index >= 15 is 0 Å². The van der Waals surface area contributed by atoms with E-state index in [1.54, 1.807) is 13.8 Å². The maximum absolute atomic E-state index is 12.2. The lowest BCUT2D eigenvalue weighted by atomic mass is 9.78. The van der Waals surface area contributed by atoms with Gasteiger partial charge in [0.15, 0.2) is 0 Å². The number of aliphatic carboxylic acids is 1. The van der Waals surface area contributed by atoms with Crippen molar-refractivity contribution in [2.75, 3.05) is 19.6 Å². The Labute approximate surface area is 125 Å². The summed E-state index contributed by atoms with van der Waals surface area (Å²) in [6.45, 7) is 6.44. The van der Waals surface area contributed by atoms with Crippen molar-refractivity contribution >= 4 is 17.9 Å². The summed E-state index contributed by atoms with van der Waals surface area (Å²) in [5.74, 6) is -1.11. The van der Waals surface area contributed by atoms with Crippen LogP contribution in [0.4, 0.5) is 4.79 Å². The smallest absolute Gasteiger partial charge is 0.318 e. The van der Waals surface area contributed by atoms with E-state index in [1.165, 1.54) is 4.90 Å². The van der Waals surface area contributed by atoms with E-state index in [0.29, 0.717) is 32.4 Å². The first kappa shape index (κ1) is 17.3. The third-order valence-electron chi connectivity index (χ3n) is 4.08. The molecule has 0 aromatic heterocycles. The van der Waals surface area contributed by atoms with Crippen molar-refractivity contribution in [2.45, 2.75) is 46.1 Å². The maximum Gasteiger partial charge on any atom is 0.318 e. The van der Waals surface area contributed by atoms with Gasteiger partial charge < -0.3 is 20.6 Å². The SMILES string of the molecule is CCNC(=O)C(C)NC(=O)N1CCCC(CC)(C(=O)O)C1. The first-order valence-electron chi connectivity index (χ1n) is 7.43. The van der Waals surface area contributed by atoms with Crippen molar-refractivity contribution in [1.29, 1.82) is 0 Å². The quantitative estimate of drug-likeness (QED) is 0.699. The highest BCUT2D eigenvalue weighted by molar-refractivity contribution is 5.87. The molecular formula is C14H25N3O4. The van der Waals surface area contributed by atoms with E-state index in [4.69, 9.17) is 0 Å². The Balaban J connectivity index is 2.66. The Morgan fingerprint density at radius 3 is 2.52 bits per heavy atom. The monoisotopic (exact) mass is 299 g/mol. The molecule has 1 fully saturated rings. The molecule has 120 valence electrons. The summed E-state index contributed by atoms with van der Waals surface area (Å²) in [6.07, 6.45) is 1.72. The van der Waals surface area contributed by atoms with Crippen LogP contribution in [0.25, 0.3) is 0 Å². The van der Waals surface area contributed by atoms with Gasteiger partial charge in [0.05, 0.1) is 5.41 Å². The molecule has 0 aromatic carbocycles. The summed E-state index contributed by atoms with van der Waals surface area (Å²) < 4.78 is 0. The van der Waals surface area contributed by atoms with E-state index < -0.39 is 17.4 Å². The molecule has 0 bridgehead atoms. The van der Waals surface area contributed by atoms with Crippen molar-refractivity contribution in [3.05, 3.63) is 0 Å². The first-order valence-corrected chi connectivity index (χ1v) is 7.43. The van der Waals surface area contributed by atoms with Crippen LogP contribution in [0.5, 0.6) is 0 Å². The number of likely N-dealkylation sites (tertiary alicyclic amines) is 1. The molecular weight excluding hydrogens is 274 g/mol. The largest absolute Gasteiger partial charge is 0.481 e. The molecule has 2 unspecified atom stereocenters. The number of carbonyl (C=O) groups is 3. The zero-order valence-electron chi connectivity index (χ0n) is 12.9. The number of carboxylic acids is 1. The number of hydrogen-bond acceptors (Lipinski definition) is 3. The molecule has 1 aliphatic rings. The van der Waals surface area contributed by atoms with E-state index in [-0.39, 0.29) is 18.5 Å². The highest BCUT2D eigenvalue weighted by Gasteiger charge is 2.42. The number of likely N-dealkylation sites (N-methyl/N-ethyl adjacent to an activating group) is 1. The minimum atomic E-state index is -0.871. The van der Waals surface area contributed by atoms with Crippen molar-refractivity contribution in [2.24, 2.45) is 5.41 Å². The van der Waals surface area contributed by atoms with Crippen molar-refractivity contribution in [1.82, 2.24) is 15.5 Å². The van der Waals surface area contributed by atoms with Gasteiger partial charge in [-0.2, -0.15) is 0 Å². The molecule has 3 amide bonds. The van der Waals surface area contributed by atoms with Gasteiger partial charge in [0.1, 0.15) is 6.04 Å². The molecule has 0 saturated carbocycles. The Morgan fingerprint density at radius 1 is 1.33 bits per heavy atom. The zero-order valence-corrected chi connectivity index (χ0v) is 12.9. The third kappa shape index (κ3) is 4.09. The number of hydrogen-bond donors (Lipinski definition) is 3. The van der Waals surface area contributed by atoms with E-state index in [9.17, 15) is 19.5 Å². The summed E-state index contributed by atoms with van der Waals surface area (Å²) in [5, 5.41) is 14.7. The molecule has 7 heteroatoms. The van der Waals surface area contributed by atoms with Crippen LogP contribution in [0.15, 0.2) is 0 Å². The van der Waals surface area contributed by atoms with Crippen LogP contribution in [0.2, 0.25) is 0 Å². The topological polar surface area (TPSA) is 98.7 Å². The van der Waals surface area contributed by atoms with Gasteiger partial charge in [0.2, 0.25) is 5.91 Å². The Morgan fingerprint density at radius 2 is 2.00 bits per heavy atom. The fraction of sp³-hybridized carbons (Fsp3) is 0.786. The minimum Gasteiger partial charge on any atom is -0.481 e. The molecule has 3 N–H and O–H groups in total. The average Bonchev–Trinajstić information content (AvgIpc) is 2.47. The number of urea groups is 1.